The molecule has 1 aliphatic heterocycles. The van der Waals surface area contributed by atoms with E-state index in [1.54, 1.807) is 12.1 Å². The van der Waals surface area contributed by atoms with Crippen molar-refractivity contribution in [2.45, 2.75) is 38.4 Å². The lowest BCUT2D eigenvalue weighted by molar-refractivity contribution is 0.325. The van der Waals surface area contributed by atoms with Crippen LogP contribution in [-0.2, 0) is 5.33 Å². The van der Waals surface area contributed by atoms with Crippen molar-refractivity contribution in [2.24, 2.45) is 5.41 Å². The van der Waals surface area contributed by atoms with Crippen molar-refractivity contribution in [1.82, 2.24) is 0 Å². The SMILES string of the molecule is CC1(C)CCCN(c2ccc(F)cc2CBr)CC1. The lowest BCUT2D eigenvalue weighted by Crippen LogP contribution is -2.26. The molecule has 1 aliphatic rings. The second kappa shape index (κ2) is 5.60. The van der Waals surface area contributed by atoms with Gasteiger partial charge in [-0.05, 0) is 48.4 Å². The molecule has 3 heteroatoms. The molecule has 2 rings (SSSR count). The molecule has 1 aromatic rings. The van der Waals surface area contributed by atoms with Gasteiger partial charge in [0.2, 0.25) is 0 Å². The minimum absolute atomic E-state index is 0.150. The maximum Gasteiger partial charge on any atom is 0.123 e. The van der Waals surface area contributed by atoms with Gasteiger partial charge in [-0.3, -0.25) is 0 Å². The Hall–Kier alpha value is -0.570. The van der Waals surface area contributed by atoms with Crippen LogP contribution in [0.4, 0.5) is 10.1 Å². The first-order chi connectivity index (χ1) is 8.52. The number of hydrogen-bond acceptors (Lipinski definition) is 1. The van der Waals surface area contributed by atoms with Crippen LogP contribution in [0, 0.1) is 11.2 Å². The summed E-state index contributed by atoms with van der Waals surface area (Å²) in [6, 6.07) is 5.13. The minimum atomic E-state index is -0.150. The van der Waals surface area contributed by atoms with Crippen LogP contribution in [0.2, 0.25) is 0 Å². The van der Waals surface area contributed by atoms with Gasteiger partial charge in [-0.15, -0.1) is 0 Å². The van der Waals surface area contributed by atoms with E-state index in [1.165, 1.54) is 24.9 Å². The van der Waals surface area contributed by atoms with Gasteiger partial charge in [0, 0.05) is 24.1 Å². The fourth-order valence-electron chi connectivity index (χ4n) is 2.63. The molecule has 0 aromatic heterocycles. The van der Waals surface area contributed by atoms with Crippen LogP contribution < -0.4 is 4.90 Å². The van der Waals surface area contributed by atoms with Crippen molar-refractivity contribution < 1.29 is 4.39 Å². The quantitative estimate of drug-likeness (QED) is 0.713. The number of nitrogens with zero attached hydrogens (tertiary/aromatic N) is 1. The van der Waals surface area contributed by atoms with Crippen molar-refractivity contribution in [3.05, 3.63) is 29.6 Å². The number of hydrogen-bond donors (Lipinski definition) is 0. The molecule has 1 nitrogen and oxygen atoms in total. The second-order valence-corrected chi connectivity index (χ2v) is 6.47. The fraction of sp³-hybridized carbons (Fsp3) is 0.600. The van der Waals surface area contributed by atoms with Crippen molar-refractivity contribution in [3.8, 4) is 0 Å². The Morgan fingerprint density at radius 2 is 2.06 bits per heavy atom. The van der Waals surface area contributed by atoms with Crippen molar-refractivity contribution in [1.29, 1.82) is 0 Å². The Morgan fingerprint density at radius 3 is 2.78 bits per heavy atom. The molecule has 0 aliphatic carbocycles. The topological polar surface area (TPSA) is 3.24 Å². The standard InChI is InChI=1S/C15H21BrFN/c1-15(2)6-3-8-18(9-7-15)14-5-4-13(17)10-12(14)11-16/h4-5,10H,3,6-9,11H2,1-2H3. The molecule has 100 valence electrons. The van der Waals surface area contributed by atoms with Crippen molar-refractivity contribution in [3.63, 3.8) is 0 Å². The summed E-state index contributed by atoms with van der Waals surface area (Å²) in [5, 5.41) is 0.708. The monoisotopic (exact) mass is 313 g/mol. The smallest absolute Gasteiger partial charge is 0.123 e. The molecular formula is C15H21BrFN. The van der Waals surface area contributed by atoms with Crippen LogP contribution >= 0.6 is 15.9 Å². The van der Waals surface area contributed by atoms with Gasteiger partial charge in [0.1, 0.15) is 5.82 Å². The van der Waals surface area contributed by atoms with Gasteiger partial charge in [-0.2, -0.15) is 0 Å². The predicted octanol–water partition coefficient (Wildman–Crippen LogP) is 4.74. The van der Waals surface area contributed by atoms with Crippen LogP contribution in [0.3, 0.4) is 0 Å². The van der Waals surface area contributed by atoms with Crippen LogP contribution in [0.15, 0.2) is 18.2 Å². The van der Waals surface area contributed by atoms with Crippen LogP contribution in [0.1, 0.15) is 38.7 Å². The first-order valence-electron chi connectivity index (χ1n) is 6.61. The molecule has 18 heavy (non-hydrogen) atoms. The van der Waals surface area contributed by atoms with Gasteiger partial charge in [-0.1, -0.05) is 29.8 Å². The van der Waals surface area contributed by atoms with Gasteiger partial charge in [0.15, 0.2) is 0 Å². The zero-order chi connectivity index (χ0) is 13.2. The highest BCUT2D eigenvalue weighted by molar-refractivity contribution is 9.08. The Labute approximate surface area is 118 Å². The van der Waals surface area contributed by atoms with E-state index in [4.69, 9.17) is 0 Å². The van der Waals surface area contributed by atoms with E-state index in [2.05, 4.69) is 34.7 Å². The summed E-state index contributed by atoms with van der Waals surface area (Å²) < 4.78 is 13.3. The molecule has 0 saturated carbocycles. The molecule has 0 N–H and O–H groups in total. The zero-order valence-corrected chi connectivity index (χ0v) is 12.8. The van der Waals surface area contributed by atoms with Crippen molar-refractivity contribution >= 4 is 21.6 Å². The Morgan fingerprint density at radius 1 is 1.28 bits per heavy atom. The van der Waals surface area contributed by atoms with Crippen LogP contribution in [-0.4, -0.2) is 13.1 Å². The normalized spacial score (nSPS) is 19.7. The number of anilines is 1. The molecule has 0 bridgehead atoms. The Bertz CT molecular complexity index is 417. The third-order valence-corrected chi connectivity index (χ3v) is 4.47. The van der Waals surface area contributed by atoms with E-state index in [0.717, 1.165) is 18.7 Å². The first-order valence-corrected chi connectivity index (χ1v) is 7.73. The van der Waals surface area contributed by atoms with E-state index >= 15 is 0 Å². The molecule has 1 heterocycles. The Balaban J connectivity index is 2.21. The molecule has 0 spiro atoms. The van der Waals surface area contributed by atoms with Crippen LogP contribution in [0.5, 0.6) is 0 Å². The van der Waals surface area contributed by atoms with Gasteiger partial charge in [0.25, 0.3) is 0 Å². The summed E-state index contributed by atoms with van der Waals surface area (Å²) >= 11 is 3.46. The van der Waals surface area contributed by atoms with E-state index < -0.39 is 0 Å². The lowest BCUT2D eigenvalue weighted by Gasteiger charge is -2.26. The zero-order valence-electron chi connectivity index (χ0n) is 11.2. The third-order valence-electron chi connectivity index (χ3n) is 3.87. The summed E-state index contributed by atoms with van der Waals surface area (Å²) in [6.45, 7) is 6.83. The van der Waals surface area contributed by atoms with Gasteiger partial charge in [0.05, 0.1) is 0 Å². The maximum absolute atomic E-state index is 13.3. The fourth-order valence-corrected chi connectivity index (χ4v) is 3.08. The minimum Gasteiger partial charge on any atom is -0.371 e. The van der Waals surface area contributed by atoms with E-state index in [9.17, 15) is 4.39 Å². The average molecular weight is 314 g/mol. The van der Waals surface area contributed by atoms with E-state index in [0.29, 0.717) is 10.7 Å². The van der Waals surface area contributed by atoms with Gasteiger partial charge >= 0.3 is 0 Å². The van der Waals surface area contributed by atoms with Crippen LogP contribution in [0.25, 0.3) is 0 Å². The van der Waals surface area contributed by atoms with Gasteiger partial charge in [-0.25, -0.2) is 4.39 Å². The summed E-state index contributed by atoms with van der Waals surface area (Å²) in [4.78, 5) is 2.41. The highest BCUT2D eigenvalue weighted by Gasteiger charge is 2.24. The summed E-state index contributed by atoms with van der Waals surface area (Å²) in [7, 11) is 0. The largest absolute Gasteiger partial charge is 0.371 e. The Kier molecular flexibility index (Phi) is 4.31. The maximum atomic E-state index is 13.3. The first kappa shape index (κ1) is 13.9. The van der Waals surface area contributed by atoms with E-state index in [1.807, 2.05) is 6.07 Å². The molecule has 1 saturated heterocycles. The predicted molar refractivity (Wildman–Crippen MR) is 78.9 cm³/mol. The molecule has 0 unspecified atom stereocenters. The number of halogens is 2. The van der Waals surface area contributed by atoms with Gasteiger partial charge < -0.3 is 4.90 Å². The van der Waals surface area contributed by atoms with Crippen molar-refractivity contribution in [2.75, 3.05) is 18.0 Å². The summed E-state index contributed by atoms with van der Waals surface area (Å²) in [5.41, 5.74) is 2.67. The molecule has 0 amide bonds. The van der Waals surface area contributed by atoms with E-state index in [-0.39, 0.29) is 5.82 Å². The lowest BCUT2D eigenvalue weighted by atomic mass is 9.85. The average Bonchev–Trinajstić information content (AvgIpc) is 2.50. The number of alkyl halides is 1. The third kappa shape index (κ3) is 3.25. The summed E-state index contributed by atoms with van der Waals surface area (Å²) in [5.74, 6) is -0.150. The molecule has 1 fully saturated rings. The highest BCUT2D eigenvalue weighted by Crippen LogP contribution is 2.33. The molecule has 0 radical (unpaired) electrons. The molecular weight excluding hydrogens is 293 g/mol. The summed E-state index contributed by atoms with van der Waals surface area (Å²) in [6.07, 6.45) is 3.69. The highest BCUT2D eigenvalue weighted by atomic mass is 79.9. The molecule has 0 atom stereocenters. The molecule has 1 aromatic carbocycles. The second-order valence-electron chi connectivity index (χ2n) is 5.91. The number of rotatable bonds is 2. The number of benzene rings is 1.